The number of benzene rings is 1. The van der Waals surface area contributed by atoms with Crippen LogP contribution in [0.3, 0.4) is 0 Å². The number of hydrogen-bond acceptors (Lipinski definition) is 4. The Bertz CT molecular complexity index is 462. The lowest BCUT2D eigenvalue weighted by atomic mass is 10.1. The van der Waals surface area contributed by atoms with Crippen LogP contribution in [0.15, 0.2) is 17.1 Å². The summed E-state index contributed by atoms with van der Waals surface area (Å²) in [7, 11) is 4.85. The van der Waals surface area contributed by atoms with Crippen LogP contribution in [0, 0.1) is 0 Å². The molecule has 0 aliphatic carbocycles. The predicted molar refractivity (Wildman–Crippen MR) is 84.6 cm³/mol. The van der Waals surface area contributed by atoms with Gasteiger partial charge in [0.25, 0.3) is 0 Å². The molecule has 6 heteroatoms. The zero-order chi connectivity index (χ0) is 15.8. The molecule has 0 radical (unpaired) electrons. The van der Waals surface area contributed by atoms with Crippen molar-refractivity contribution in [3.8, 4) is 17.2 Å². The Labute approximate surface area is 126 Å². The van der Waals surface area contributed by atoms with E-state index >= 15 is 0 Å². The third kappa shape index (κ3) is 5.06. The molecule has 0 aromatic heterocycles. The Morgan fingerprint density at radius 1 is 1.14 bits per heavy atom. The highest BCUT2D eigenvalue weighted by atomic mass is 16.5. The fraction of sp³-hybridized carbons (Fsp3) is 0.533. The van der Waals surface area contributed by atoms with E-state index in [0.717, 1.165) is 17.1 Å². The van der Waals surface area contributed by atoms with Crippen molar-refractivity contribution in [2.45, 2.75) is 26.3 Å². The van der Waals surface area contributed by atoms with Gasteiger partial charge in [-0.15, -0.1) is 0 Å². The summed E-state index contributed by atoms with van der Waals surface area (Å²) in [4.78, 5) is 4.29. The highest BCUT2D eigenvalue weighted by Gasteiger charge is 2.12. The van der Waals surface area contributed by atoms with Crippen molar-refractivity contribution in [3.05, 3.63) is 17.7 Å². The number of hydrogen-bond donors (Lipinski definition) is 2. The summed E-state index contributed by atoms with van der Waals surface area (Å²) in [5.74, 6) is 2.57. The largest absolute Gasteiger partial charge is 0.496 e. The van der Waals surface area contributed by atoms with Crippen molar-refractivity contribution < 1.29 is 14.2 Å². The van der Waals surface area contributed by atoms with Crippen molar-refractivity contribution in [1.29, 1.82) is 0 Å². The summed E-state index contributed by atoms with van der Waals surface area (Å²) in [5, 5.41) is 3.05. The first kappa shape index (κ1) is 16.9. The van der Waals surface area contributed by atoms with Gasteiger partial charge in [-0.3, -0.25) is 4.99 Å². The Morgan fingerprint density at radius 3 is 2.14 bits per heavy atom. The molecule has 0 aliphatic heterocycles. The fourth-order valence-corrected chi connectivity index (χ4v) is 1.95. The lowest BCUT2D eigenvalue weighted by molar-refractivity contribution is 0.369. The van der Waals surface area contributed by atoms with Crippen LogP contribution in [-0.2, 0) is 6.42 Å². The van der Waals surface area contributed by atoms with Crippen molar-refractivity contribution in [1.82, 2.24) is 5.32 Å². The van der Waals surface area contributed by atoms with Gasteiger partial charge in [-0.2, -0.15) is 0 Å². The Morgan fingerprint density at radius 2 is 1.71 bits per heavy atom. The quantitative estimate of drug-likeness (QED) is 0.590. The maximum Gasteiger partial charge on any atom is 0.188 e. The molecular formula is C15H25N3O3. The molecule has 1 aromatic rings. The van der Waals surface area contributed by atoms with E-state index in [9.17, 15) is 0 Å². The van der Waals surface area contributed by atoms with Crippen LogP contribution in [0.5, 0.6) is 17.2 Å². The summed E-state index contributed by atoms with van der Waals surface area (Å²) < 4.78 is 16.0. The van der Waals surface area contributed by atoms with Crippen LogP contribution < -0.4 is 25.3 Å². The first-order chi connectivity index (χ1) is 10.0. The maximum absolute atomic E-state index is 5.78. The lowest BCUT2D eigenvalue weighted by Crippen LogP contribution is -2.36. The summed E-state index contributed by atoms with van der Waals surface area (Å²) in [5.41, 5.74) is 6.73. The van der Waals surface area contributed by atoms with Gasteiger partial charge < -0.3 is 25.3 Å². The second-order valence-corrected chi connectivity index (χ2v) is 4.83. The van der Waals surface area contributed by atoms with E-state index in [-0.39, 0.29) is 6.04 Å². The first-order valence-electron chi connectivity index (χ1n) is 6.87. The van der Waals surface area contributed by atoms with Gasteiger partial charge in [0.15, 0.2) is 5.96 Å². The van der Waals surface area contributed by atoms with E-state index in [2.05, 4.69) is 10.3 Å². The van der Waals surface area contributed by atoms with E-state index in [0.29, 0.717) is 24.7 Å². The molecule has 0 atom stereocenters. The monoisotopic (exact) mass is 295 g/mol. The van der Waals surface area contributed by atoms with Gasteiger partial charge in [0.05, 0.1) is 21.3 Å². The highest BCUT2D eigenvalue weighted by molar-refractivity contribution is 5.78. The van der Waals surface area contributed by atoms with Crippen molar-refractivity contribution in [2.24, 2.45) is 10.7 Å². The van der Waals surface area contributed by atoms with Crippen LogP contribution in [0.1, 0.15) is 19.4 Å². The topological polar surface area (TPSA) is 78.1 Å². The first-order valence-corrected chi connectivity index (χ1v) is 6.87. The summed E-state index contributed by atoms with van der Waals surface area (Å²) in [6.45, 7) is 4.57. The van der Waals surface area contributed by atoms with E-state index in [1.165, 1.54) is 0 Å². The molecule has 1 rings (SSSR count). The zero-order valence-electron chi connectivity index (χ0n) is 13.4. The van der Waals surface area contributed by atoms with E-state index < -0.39 is 0 Å². The standard InChI is InChI=1S/C15H25N3O3/c1-10(2)18-15(16)17-7-6-12-13(20-4)8-11(19-3)9-14(12)21-5/h8-10H,6-7H2,1-5H3,(H3,16,17,18). The number of rotatable bonds is 7. The molecular weight excluding hydrogens is 270 g/mol. The SMILES string of the molecule is COc1cc(OC)c(CCN=C(N)NC(C)C)c(OC)c1. The van der Waals surface area contributed by atoms with E-state index in [1.54, 1.807) is 21.3 Å². The summed E-state index contributed by atoms with van der Waals surface area (Å²) in [6, 6.07) is 3.92. The molecule has 1 aromatic carbocycles. The second kappa shape index (κ2) is 8.24. The average molecular weight is 295 g/mol. The Balaban J connectivity index is 2.87. The molecule has 0 saturated heterocycles. The molecule has 0 fully saturated rings. The number of nitrogens with zero attached hydrogens (tertiary/aromatic N) is 1. The minimum absolute atomic E-state index is 0.263. The second-order valence-electron chi connectivity index (χ2n) is 4.83. The molecule has 118 valence electrons. The van der Waals surface area contributed by atoms with Gasteiger partial charge in [0.2, 0.25) is 0 Å². The third-order valence-electron chi connectivity index (χ3n) is 2.90. The Kier molecular flexibility index (Phi) is 6.65. The minimum atomic E-state index is 0.263. The number of nitrogens with two attached hydrogens (primary N) is 1. The highest BCUT2D eigenvalue weighted by Crippen LogP contribution is 2.34. The molecule has 21 heavy (non-hydrogen) atoms. The normalized spacial score (nSPS) is 11.4. The van der Waals surface area contributed by atoms with E-state index in [1.807, 2.05) is 26.0 Å². The van der Waals surface area contributed by atoms with Gasteiger partial charge in [0.1, 0.15) is 17.2 Å². The average Bonchev–Trinajstić information content (AvgIpc) is 2.46. The number of guanidine groups is 1. The molecule has 0 spiro atoms. The molecule has 3 N–H and O–H groups in total. The van der Waals surface area contributed by atoms with E-state index in [4.69, 9.17) is 19.9 Å². The van der Waals surface area contributed by atoms with Crippen LogP contribution in [0.2, 0.25) is 0 Å². The van der Waals surface area contributed by atoms with Crippen molar-refractivity contribution >= 4 is 5.96 Å². The smallest absolute Gasteiger partial charge is 0.188 e. The zero-order valence-corrected chi connectivity index (χ0v) is 13.4. The maximum atomic E-state index is 5.78. The van der Waals surface area contributed by atoms with Gasteiger partial charge in [-0.25, -0.2) is 0 Å². The number of ether oxygens (including phenoxy) is 3. The fourth-order valence-electron chi connectivity index (χ4n) is 1.95. The van der Waals surface area contributed by atoms with Crippen molar-refractivity contribution in [2.75, 3.05) is 27.9 Å². The molecule has 0 bridgehead atoms. The van der Waals surface area contributed by atoms with Crippen LogP contribution in [0.25, 0.3) is 0 Å². The van der Waals surface area contributed by atoms with Crippen LogP contribution in [0.4, 0.5) is 0 Å². The van der Waals surface area contributed by atoms with Gasteiger partial charge in [0, 0.05) is 30.3 Å². The van der Waals surface area contributed by atoms with Gasteiger partial charge in [-0.1, -0.05) is 0 Å². The molecule has 0 heterocycles. The predicted octanol–water partition coefficient (Wildman–Crippen LogP) is 1.57. The Hall–Kier alpha value is -2.11. The van der Waals surface area contributed by atoms with Crippen LogP contribution >= 0.6 is 0 Å². The molecule has 0 saturated carbocycles. The lowest BCUT2D eigenvalue weighted by Gasteiger charge is -2.14. The van der Waals surface area contributed by atoms with Gasteiger partial charge >= 0.3 is 0 Å². The summed E-state index contributed by atoms with van der Waals surface area (Å²) in [6.07, 6.45) is 0.664. The van der Waals surface area contributed by atoms with Gasteiger partial charge in [-0.05, 0) is 20.3 Å². The number of aliphatic imine (C=N–C) groups is 1. The molecule has 0 amide bonds. The van der Waals surface area contributed by atoms with Crippen LogP contribution in [-0.4, -0.2) is 39.9 Å². The number of nitrogens with one attached hydrogen (secondary N) is 1. The third-order valence-corrected chi connectivity index (χ3v) is 2.90. The molecule has 6 nitrogen and oxygen atoms in total. The minimum Gasteiger partial charge on any atom is -0.496 e. The molecule has 0 unspecified atom stereocenters. The molecule has 0 aliphatic rings. The summed E-state index contributed by atoms with van der Waals surface area (Å²) >= 11 is 0. The number of methoxy groups -OCH3 is 3. The van der Waals surface area contributed by atoms with Crippen molar-refractivity contribution in [3.63, 3.8) is 0 Å².